The monoisotopic (exact) mass is 675 g/mol. The normalized spacial score (nSPS) is 15.0. The average molecular weight is 677 g/mol. The Labute approximate surface area is 282 Å². The Morgan fingerprint density at radius 2 is 1.74 bits per heavy atom. The third-order valence-corrected chi connectivity index (χ3v) is 9.02. The zero-order valence-corrected chi connectivity index (χ0v) is 26.9. The van der Waals surface area contributed by atoms with E-state index in [1.807, 2.05) is 42.5 Å². The van der Waals surface area contributed by atoms with Crippen molar-refractivity contribution in [2.45, 2.75) is 44.8 Å². The molecule has 0 atom stereocenters. The summed E-state index contributed by atoms with van der Waals surface area (Å²) in [5.74, 6) is -0.713. The molecule has 11 heteroatoms. The molecule has 1 saturated carbocycles. The first-order valence-electron chi connectivity index (χ1n) is 15.4. The highest BCUT2D eigenvalue weighted by molar-refractivity contribution is 6.30. The van der Waals surface area contributed by atoms with E-state index in [-0.39, 0.29) is 30.6 Å². The van der Waals surface area contributed by atoms with E-state index in [4.69, 9.17) is 26.1 Å². The van der Waals surface area contributed by atoms with Crippen molar-refractivity contribution in [2.24, 2.45) is 0 Å². The number of aromatic carboxylic acids is 1. The van der Waals surface area contributed by atoms with Gasteiger partial charge in [0, 0.05) is 22.8 Å². The predicted octanol–water partition coefficient (Wildman–Crippen LogP) is 9.32. The van der Waals surface area contributed by atoms with Crippen molar-refractivity contribution in [2.75, 3.05) is 18.1 Å². The number of aromatic nitrogens is 2. The van der Waals surface area contributed by atoms with E-state index in [9.17, 15) is 14.7 Å². The lowest BCUT2D eigenvalue weighted by molar-refractivity contribution is 0.0697. The second-order valence-electron chi connectivity index (χ2n) is 11.7. The quantitative estimate of drug-likeness (QED) is 0.176. The number of carboxylic acid groups (broad SMARTS) is 1. The lowest BCUT2D eigenvalue weighted by atomic mass is 9.94. The third-order valence-electron chi connectivity index (χ3n) is 8.77. The third kappa shape index (κ3) is 6.50. The van der Waals surface area contributed by atoms with Crippen LogP contribution in [0.3, 0.4) is 0 Å². The SMILES string of the molecule is Cl.O=C(O)c1ccc2c(c1)nc(-c1ccc(OCc3cc(N4CCOC4=O)ccc3-c3ccc(Cl)cc3)cc1F)n2C1CCCCC1. The summed E-state index contributed by atoms with van der Waals surface area (Å²) >= 11 is 6.13. The van der Waals surface area contributed by atoms with Crippen molar-refractivity contribution in [1.82, 2.24) is 9.55 Å². The molecular weight excluding hydrogens is 644 g/mol. The van der Waals surface area contributed by atoms with Gasteiger partial charge in [0.05, 0.1) is 28.7 Å². The Morgan fingerprint density at radius 3 is 2.45 bits per heavy atom. The molecule has 1 aliphatic carbocycles. The number of hydrogen-bond acceptors (Lipinski definition) is 5. The van der Waals surface area contributed by atoms with Gasteiger partial charge in [-0.2, -0.15) is 0 Å². The number of carbonyl (C=O) groups excluding carboxylic acids is 1. The zero-order valence-electron chi connectivity index (χ0n) is 25.3. The molecule has 2 aliphatic rings. The molecule has 242 valence electrons. The molecule has 2 heterocycles. The minimum absolute atomic E-state index is 0. The molecule has 0 radical (unpaired) electrons. The number of cyclic esters (lactones) is 1. The molecule has 5 aromatic rings. The van der Waals surface area contributed by atoms with Crippen molar-refractivity contribution in [3.8, 4) is 28.3 Å². The summed E-state index contributed by atoms with van der Waals surface area (Å²) in [5.41, 5.74) is 5.09. The van der Waals surface area contributed by atoms with Crippen LogP contribution in [0.15, 0.2) is 78.9 Å². The summed E-state index contributed by atoms with van der Waals surface area (Å²) < 4.78 is 29.3. The molecule has 0 spiro atoms. The van der Waals surface area contributed by atoms with Gasteiger partial charge in [-0.15, -0.1) is 12.4 Å². The van der Waals surface area contributed by atoms with Crippen LogP contribution in [0.5, 0.6) is 5.75 Å². The van der Waals surface area contributed by atoms with Crippen LogP contribution in [0.4, 0.5) is 14.9 Å². The van der Waals surface area contributed by atoms with Crippen LogP contribution in [0, 0.1) is 5.82 Å². The van der Waals surface area contributed by atoms with E-state index >= 15 is 4.39 Å². The molecule has 1 aromatic heterocycles. The van der Waals surface area contributed by atoms with Crippen molar-refractivity contribution in [3.63, 3.8) is 0 Å². The smallest absolute Gasteiger partial charge is 0.414 e. The van der Waals surface area contributed by atoms with Gasteiger partial charge in [0.25, 0.3) is 0 Å². The Hall–Kier alpha value is -4.60. The minimum Gasteiger partial charge on any atom is -0.489 e. The fraction of sp³-hybridized carbons (Fsp3) is 0.250. The Bertz CT molecular complexity index is 1960. The van der Waals surface area contributed by atoms with Gasteiger partial charge in [-0.05, 0) is 84.1 Å². The highest BCUT2D eigenvalue weighted by Gasteiger charge is 2.26. The maximum Gasteiger partial charge on any atom is 0.414 e. The van der Waals surface area contributed by atoms with Crippen LogP contribution in [-0.4, -0.2) is 39.9 Å². The van der Waals surface area contributed by atoms with Gasteiger partial charge in [0.15, 0.2) is 0 Å². The summed E-state index contributed by atoms with van der Waals surface area (Å²) in [6.07, 6.45) is 4.81. The van der Waals surface area contributed by atoms with Crippen LogP contribution < -0.4 is 9.64 Å². The summed E-state index contributed by atoms with van der Waals surface area (Å²) in [5, 5.41) is 10.2. The second kappa shape index (κ2) is 13.6. The number of amides is 1. The number of fused-ring (bicyclic) bond motifs is 1. The van der Waals surface area contributed by atoms with Crippen LogP contribution in [0.25, 0.3) is 33.5 Å². The molecule has 0 unspecified atom stereocenters. The van der Waals surface area contributed by atoms with Gasteiger partial charge in [0.2, 0.25) is 0 Å². The van der Waals surface area contributed by atoms with Gasteiger partial charge in [0.1, 0.15) is 30.6 Å². The Balaban J connectivity index is 0.00000386. The number of nitrogens with zero attached hydrogens (tertiary/aromatic N) is 3. The number of hydrogen-bond donors (Lipinski definition) is 1. The maximum absolute atomic E-state index is 15.9. The molecule has 47 heavy (non-hydrogen) atoms. The molecule has 2 fully saturated rings. The molecule has 1 amide bonds. The number of carbonyl (C=O) groups is 2. The van der Waals surface area contributed by atoms with E-state index in [2.05, 4.69) is 4.57 Å². The highest BCUT2D eigenvalue weighted by atomic mass is 35.5. The molecule has 0 bridgehead atoms. The van der Waals surface area contributed by atoms with Gasteiger partial charge >= 0.3 is 12.1 Å². The highest BCUT2D eigenvalue weighted by Crippen LogP contribution is 2.38. The number of carboxylic acids is 1. The minimum atomic E-state index is -1.03. The topological polar surface area (TPSA) is 93.9 Å². The molecule has 1 saturated heterocycles. The molecule has 4 aromatic carbocycles. The standard InChI is InChI=1S/C36H31ClFN3O5.ClH/c37-25-9-6-22(7-10-25)29-13-11-27(40-16-17-45-36(40)44)18-24(29)21-46-28-12-14-30(31(38)20-28)34-39-32-19-23(35(42)43)8-15-33(32)41(34)26-4-2-1-3-5-26;/h6-15,18-20,26H,1-5,16-17,21H2,(H,42,43);1H. The number of rotatable bonds is 8. The van der Waals surface area contributed by atoms with Crippen molar-refractivity contribution in [1.29, 1.82) is 0 Å². The first kappa shape index (κ1) is 32.3. The molecule has 1 aliphatic heterocycles. The van der Waals surface area contributed by atoms with Crippen LogP contribution >= 0.6 is 24.0 Å². The van der Waals surface area contributed by atoms with Crippen LogP contribution in [0.1, 0.15) is 54.1 Å². The van der Waals surface area contributed by atoms with Crippen molar-refractivity contribution < 1.29 is 28.6 Å². The zero-order chi connectivity index (χ0) is 31.8. The number of benzene rings is 4. The van der Waals surface area contributed by atoms with Gasteiger partial charge in [-0.3, -0.25) is 4.90 Å². The lowest BCUT2D eigenvalue weighted by Gasteiger charge is -2.25. The maximum atomic E-state index is 15.9. The fourth-order valence-corrected chi connectivity index (χ4v) is 6.59. The predicted molar refractivity (Wildman–Crippen MR) is 181 cm³/mol. The summed E-state index contributed by atoms with van der Waals surface area (Å²) in [6, 6.07) is 22.9. The summed E-state index contributed by atoms with van der Waals surface area (Å²) in [4.78, 5) is 30.2. The first-order valence-corrected chi connectivity index (χ1v) is 15.7. The molecular formula is C36H32Cl2FN3O5. The van der Waals surface area contributed by atoms with Crippen LogP contribution in [0.2, 0.25) is 5.02 Å². The van der Waals surface area contributed by atoms with Crippen LogP contribution in [-0.2, 0) is 11.3 Å². The van der Waals surface area contributed by atoms with Gasteiger partial charge in [-0.25, -0.2) is 19.0 Å². The largest absolute Gasteiger partial charge is 0.489 e. The number of anilines is 1. The van der Waals surface area contributed by atoms with E-state index < -0.39 is 17.9 Å². The van der Waals surface area contributed by atoms with E-state index in [0.29, 0.717) is 46.5 Å². The van der Waals surface area contributed by atoms with Gasteiger partial charge in [-0.1, -0.05) is 49.1 Å². The van der Waals surface area contributed by atoms with Crippen molar-refractivity contribution in [3.05, 3.63) is 101 Å². The van der Waals surface area contributed by atoms with Gasteiger partial charge < -0.3 is 19.1 Å². The molecule has 7 rings (SSSR count). The lowest BCUT2D eigenvalue weighted by Crippen LogP contribution is -2.23. The van der Waals surface area contributed by atoms with E-state index in [1.54, 1.807) is 35.2 Å². The van der Waals surface area contributed by atoms with Crippen molar-refractivity contribution >= 4 is 52.8 Å². The average Bonchev–Trinajstić information content (AvgIpc) is 3.67. The first-order chi connectivity index (χ1) is 22.4. The second-order valence-corrected chi connectivity index (χ2v) is 12.1. The number of halogens is 3. The Kier molecular flexibility index (Phi) is 9.38. The molecule has 8 nitrogen and oxygen atoms in total. The number of ether oxygens (including phenoxy) is 2. The van der Waals surface area contributed by atoms with E-state index in [0.717, 1.165) is 54.3 Å². The summed E-state index contributed by atoms with van der Waals surface area (Å²) in [6.45, 7) is 0.895. The number of imidazole rings is 1. The fourth-order valence-electron chi connectivity index (χ4n) is 6.47. The Morgan fingerprint density at radius 1 is 0.979 bits per heavy atom. The van der Waals surface area contributed by atoms with E-state index in [1.165, 1.54) is 6.07 Å². The molecule has 1 N–H and O–H groups in total. The summed E-state index contributed by atoms with van der Waals surface area (Å²) in [7, 11) is 0.